The lowest BCUT2D eigenvalue weighted by Crippen LogP contribution is -2.23. The number of hydrogen-bond donors (Lipinski definition) is 1. The molecule has 0 bridgehead atoms. The largest absolute Gasteiger partial charge is 0.479 e. The van der Waals surface area contributed by atoms with Crippen LogP contribution in [0.5, 0.6) is 5.75 Å². The molecule has 4 nitrogen and oxygen atoms in total. The van der Waals surface area contributed by atoms with Crippen molar-refractivity contribution in [1.82, 2.24) is 5.32 Å². The summed E-state index contributed by atoms with van der Waals surface area (Å²) in [5.41, 5.74) is 3.47. The van der Waals surface area contributed by atoms with Crippen LogP contribution >= 0.6 is 11.8 Å². The molecule has 0 aliphatic heterocycles. The molecule has 2 rings (SSSR count). The lowest BCUT2D eigenvalue weighted by Gasteiger charge is -2.04. The summed E-state index contributed by atoms with van der Waals surface area (Å²) in [6.07, 6.45) is 3.28. The maximum Gasteiger partial charge on any atom is 0.244 e. The van der Waals surface area contributed by atoms with Crippen LogP contribution in [0.2, 0.25) is 0 Å². The van der Waals surface area contributed by atoms with Gasteiger partial charge < -0.3 is 10.1 Å². The molecular formula is C21H22N2O2S. The Bertz CT molecular complexity index is 762. The molecular weight excluding hydrogens is 344 g/mol. The highest BCUT2D eigenvalue weighted by atomic mass is 32.2. The molecule has 0 saturated carbocycles. The van der Waals surface area contributed by atoms with E-state index in [4.69, 9.17) is 10.00 Å². The van der Waals surface area contributed by atoms with Crippen LogP contribution in [0.3, 0.4) is 0 Å². The Morgan fingerprint density at radius 3 is 2.62 bits per heavy atom. The number of carbonyl (C=O) groups is 1. The number of ether oxygens (including phenoxy) is 1. The molecule has 0 fully saturated rings. The molecule has 0 aliphatic rings. The van der Waals surface area contributed by atoms with Gasteiger partial charge in [0.25, 0.3) is 0 Å². The molecule has 26 heavy (non-hydrogen) atoms. The van der Waals surface area contributed by atoms with E-state index < -0.39 is 0 Å². The molecule has 1 amide bonds. The van der Waals surface area contributed by atoms with E-state index in [0.29, 0.717) is 12.3 Å². The van der Waals surface area contributed by atoms with Gasteiger partial charge in [-0.05, 0) is 36.3 Å². The van der Waals surface area contributed by atoms with Crippen molar-refractivity contribution in [2.45, 2.75) is 12.7 Å². The van der Waals surface area contributed by atoms with Crippen LogP contribution in [-0.2, 0) is 10.5 Å². The van der Waals surface area contributed by atoms with E-state index >= 15 is 0 Å². The van der Waals surface area contributed by atoms with Crippen LogP contribution < -0.4 is 10.1 Å². The number of rotatable bonds is 9. The van der Waals surface area contributed by atoms with Crippen molar-refractivity contribution < 1.29 is 9.53 Å². The van der Waals surface area contributed by atoms with Gasteiger partial charge in [-0.2, -0.15) is 17.0 Å². The van der Waals surface area contributed by atoms with Crippen LogP contribution in [0.1, 0.15) is 16.7 Å². The van der Waals surface area contributed by atoms with Crippen LogP contribution in [0.15, 0.2) is 54.6 Å². The summed E-state index contributed by atoms with van der Waals surface area (Å²) < 4.78 is 5.18. The van der Waals surface area contributed by atoms with Gasteiger partial charge in [0.05, 0.1) is 0 Å². The fourth-order valence-corrected chi connectivity index (χ4v) is 2.96. The van der Waals surface area contributed by atoms with Crippen molar-refractivity contribution in [3.63, 3.8) is 0 Å². The summed E-state index contributed by atoms with van der Waals surface area (Å²) in [4.78, 5) is 11.8. The summed E-state index contributed by atoms with van der Waals surface area (Å²) >= 11 is 1.80. The Hall–Kier alpha value is -2.71. The van der Waals surface area contributed by atoms with Crippen LogP contribution in [-0.4, -0.2) is 24.8 Å². The van der Waals surface area contributed by atoms with Crippen LogP contribution in [0.4, 0.5) is 0 Å². The van der Waals surface area contributed by atoms with Crippen molar-refractivity contribution in [3.05, 3.63) is 71.3 Å². The molecule has 0 saturated heterocycles. The van der Waals surface area contributed by atoms with Gasteiger partial charge in [0.15, 0.2) is 6.61 Å². The minimum absolute atomic E-state index is 0.0273. The van der Waals surface area contributed by atoms with Gasteiger partial charge in [0.1, 0.15) is 11.8 Å². The number of thioether (sulfide) groups is 1. The second-order valence-electron chi connectivity index (χ2n) is 5.68. The molecule has 0 aliphatic carbocycles. The van der Waals surface area contributed by atoms with E-state index in [2.05, 4.69) is 36.5 Å². The Kier molecular flexibility index (Phi) is 8.31. The molecule has 5 heteroatoms. The molecule has 2 aromatic rings. The third-order valence-electron chi connectivity index (χ3n) is 3.55. The summed E-state index contributed by atoms with van der Waals surface area (Å²) in [5, 5.41) is 11.3. The zero-order chi connectivity index (χ0) is 18.6. The van der Waals surface area contributed by atoms with Crippen molar-refractivity contribution in [2.24, 2.45) is 0 Å². The minimum atomic E-state index is -0.106. The summed E-state index contributed by atoms with van der Waals surface area (Å²) in [7, 11) is 0. The maximum atomic E-state index is 11.8. The number of nitrogens with zero attached hydrogens (tertiary/aromatic N) is 1. The van der Waals surface area contributed by atoms with Crippen molar-refractivity contribution in [2.75, 3.05) is 18.9 Å². The average Bonchev–Trinajstić information content (AvgIpc) is 2.66. The first kappa shape index (κ1) is 19.6. The highest BCUT2D eigenvalue weighted by molar-refractivity contribution is 7.98. The molecule has 0 spiro atoms. The number of nitriles is 1. The van der Waals surface area contributed by atoms with E-state index in [9.17, 15) is 4.79 Å². The first-order valence-electron chi connectivity index (χ1n) is 8.36. The highest BCUT2D eigenvalue weighted by Gasteiger charge is 1.98. The van der Waals surface area contributed by atoms with Gasteiger partial charge in [-0.15, -0.1) is 0 Å². The molecule has 134 valence electrons. The van der Waals surface area contributed by atoms with Crippen molar-refractivity contribution in [1.29, 1.82) is 5.26 Å². The number of nitrogens with one attached hydrogen (secondary N) is 1. The quantitative estimate of drug-likeness (QED) is 0.539. The normalized spacial score (nSPS) is 10.5. The smallest absolute Gasteiger partial charge is 0.244 e. The van der Waals surface area contributed by atoms with Gasteiger partial charge in [-0.1, -0.05) is 42.0 Å². The van der Waals surface area contributed by atoms with Gasteiger partial charge in [0, 0.05) is 24.1 Å². The molecule has 0 aromatic heterocycles. The minimum Gasteiger partial charge on any atom is -0.479 e. The number of aryl methyl sites for hydroxylation is 1. The number of hydrogen-bond acceptors (Lipinski definition) is 4. The Balaban J connectivity index is 1.64. The monoisotopic (exact) mass is 366 g/mol. The van der Waals surface area contributed by atoms with Gasteiger partial charge in [-0.3, -0.25) is 4.79 Å². The zero-order valence-corrected chi connectivity index (χ0v) is 15.6. The van der Waals surface area contributed by atoms with E-state index in [1.165, 1.54) is 17.2 Å². The second-order valence-corrected chi connectivity index (χ2v) is 6.78. The Morgan fingerprint density at radius 1 is 1.19 bits per heavy atom. The topological polar surface area (TPSA) is 62.1 Å². The average molecular weight is 366 g/mol. The number of carbonyl (C=O) groups excluding carboxylic acids is 1. The predicted molar refractivity (Wildman–Crippen MR) is 107 cm³/mol. The molecule has 2 aromatic carbocycles. The summed E-state index contributed by atoms with van der Waals surface area (Å²) in [6.45, 7) is 2.75. The van der Waals surface area contributed by atoms with E-state index in [1.807, 2.05) is 18.2 Å². The Morgan fingerprint density at radius 2 is 1.92 bits per heavy atom. The fraction of sp³-hybridized carbons (Fsp3) is 0.238. The van der Waals surface area contributed by atoms with Crippen molar-refractivity contribution >= 4 is 23.7 Å². The Labute approximate surface area is 158 Å². The standard InChI is InChI=1S/C21H22N2O2S/c1-17-2-4-19(5-3-17)16-26-15-13-23-21(24)11-8-18-6-9-20(10-7-18)25-14-12-22/h2-11H,13-16H2,1H3,(H,23,24)/b11-8+. The third kappa shape index (κ3) is 7.45. The van der Waals surface area contributed by atoms with E-state index in [-0.39, 0.29) is 12.5 Å². The van der Waals surface area contributed by atoms with Crippen molar-refractivity contribution in [3.8, 4) is 11.8 Å². The lowest BCUT2D eigenvalue weighted by atomic mass is 10.2. The number of amides is 1. The molecule has 0 radical (unpaired) electrons. The number of benzene rings is 2. The van der Waals surface area contributed by atoms with E-state index in [0.717, 1.165) is 17.1 Å². The first-order valence-corrected chi connectivity index (χ1v) is 9.52. The van der Waals surface area contributed by atoms with E-state index in [1.54, 1.807) is 30.0 Å². The predicted octanol–water partition coefficient (Wildman–Crippen LogP) is 3.96. The zero-order valence-electron chi connectivity index (χ0n) is 14.8. The maximum absolute atomic E-state index is 11.8. The highest BCUT2D eigenvalue weighted by Crippen LogP contribution is 2.13. The summed E-state index contributed by atoms with van der Waals surface area (Å²) in [5.74, 6) is 2.36. The lowest BCUT2D eigenvalue weighted by molar-refractivity contribution is -0.116. The second kappa shape index (κ2) is 11.0. The molecule has 0 unspecified atom stereocenters. The van der Waals surface area contributed by atoms with Gasteiger partial charge in [-0.25, -0.2) is 0 Å². The molecule has 0 heterocycles. The SMILES string of the molecule is Cc1ccc(CSCCNC(=O)/C=C/c2ccc(OCC#N)cc2)cc1. The van der Waals surface area contributed by atoms with Gasteiger partial charge in [0.2, 0.25) is 5.91 Å². The molecule has 0 atom stereocenters. The van der Waals surface area contributed by atoms with Crippen LogP contribution in [0.25, 0.3) is 6.08 Å². The first-order chi connectivity index (χ1) is 12.7. The fourth-order valence-electron chi connectivity index (χ4n) is 2.14. The van der Waals surface area contributed by atoms with Crippen LogP contribution in [0, 0.1) is 18.3 Å². The molecule has 1 N–H and O–H groups in total. The third-order valence-corrected chi connectivity index (χ3v) is 4.58. The summed E-state index contributed by atoms with van der Waals surface area (Å²) in [6, 6.07) is 17.7. The van der Waals surface area contributed by atoms with Gasteiger partial charge >= 0.3 is 0 Å².